The van der Waals surface area contributed by atoms with Crippen LogP contribution in [0.5, 0.6) is 0 Å². The number of carbonyl (C=O) groups is 1. The lowest BCUT2D eigenvalue weighted by Gasteiger charge is -2.38. The molecule has 0 spiro atoms. The molecule has 1 unspecified atom stereocenters. The number of carbonyl (C=O) groups excluding carboxylic acids is 1. The summed E-state index contributed by atoms with van der Waals surface area (Å²) in [6.45, 7) is 11.0. The van der Waals surface area contributed by atoms with Crippen LogP contribution >= 0.6 is 35.7 Å². The van der Waals surface area contributed by atoms with E-state index in [0.29, 0.717) is 0 Å². The molecule has 2 aliphatic rings. The summed E-state index contributed by atoms with van der Waals surface area (Å²) in [6.07, 6.45) is 1.20. The molecule has 2 fully saturated rings. The van der Waals surface area contributed by atoms with Gasteiger partial charge >= 0.3 is 0 Å². The molecule has 0 aliphatic carbocycles. The van der Waals surface area contributed by atoms with Gasteiger partial charge < -0.3 is 20.0 Å². The predicted molar refractivity (Wildman–Crippen MR) is 123 cm³/mol. The van der Waals surface area contributed by atoms with Crippen molar-refractivity contribution in [2.75, 3.05) is 64.9 Å². The summed E-state index contributed by atoms with van der Waals surface area (Å²) in [5.74, 6) is 3.71. The number of rotatable bonds is 5. The first-order chi connectivity index (χ1) is 11.9. The molecule has 2 aliphatic heterocycles. The molecule has 0 bridgehead atoms. The summed E-state index contributed by atoms with van der Waals surface area (Å²) < 4.78 is 0. The number of aliphatic imine (C=N–C) groups is 1. The van der Waals surface area contributed by atoms with Gasteiger partial charge in [0.25, 0.3) is 0 Å². The van der Waals surface area contributed by atoms with Crippen molar-refractivity contribution in [2.24, 2.45) is 10.9 Å². The zero-order chi connectivity index (χ0) is 18.4. The second-order valence-corrected chi connectivity index (χ2v) is 8.66. The van der Waals surface area contributed by atoms with Crippen molar-refractivity contribution in [2.45, 2.75) is 32.7 Å². The van der Waals surface area contributed by atoms with E-state index in [4.69, 9.17) is 4.99 Å². The third kappa shape index (κ3) is 5.89. The summed E-state index contributed by atoms with van der Waals surface area (Å²) >= 11 is 2.03. The standard InChI is InChI=1S/C18H35N5OS.HI/c1-6-19-17(20-13-18(21(4)5)7-12-25-14-18)23-10-8-22(9-11-23)16(24)15(2)3;/h15H,6-14H2,1-5H3,(H,19,20);1H. The molecule has 1 N–H and O–H groups in total. The van der Waals surface area contributed by atoms with E-state index in [1.807, 2.05) is 30.5 Å². The van der Waals surface area contributed by atoms with E-state index in [1.165, 1.54) is 12.2 Å². The first-order valence-corrected chi connectivity index (χ1v) is 10.6. The van der Waals surface area contributed by atoms with Crippen LogP contribution in [-0.2, 0) is 4.79 Å². The van der Waals surface area contributed by atoms with Crippen LogP contribution in [0.25, 0.3) is 0 Å². The zero-order valence-electron chi connectivity index (χ0n) is 17.0. The van der Waals surface area contributed by atoms with E-state index in [-0.39, 0.29) is 41.3 Å². The highest BCUT2D eigenvalue weighted by Gasteiger charge is 2.36. The molecule has 0 radical (unpaired) electrons. The van der Waals surface area contributed by atoms with Gasteiger partial charge in [-0.05, 0) is 33.2 Å². The Hall–Kier alpha value is -0.220. The molecule has 26 heavy (non-hydrogen) atoms. The topological polar surface area (TPSA) is 51.2 Å². The fourth-order valence-corrected chi connectivity index (χ4v) is 4.91. The van der Waals surface area contributed by atoms with Crippen LogP contribution in [0, 0.1) is 5.92 Å². The minimum absolute atomic E-state index is 0. The van der Waals surface area contributed by atoms with Crippen LogP contribution in [-0.4, -0.2) is 97.0 Å². The predicted octanol–water partition coefficient (Wildman–Crippen LogP) is 1.81. The molecule has 1 atom stereocenters. The molecule has 2 rings (SSSR count). The van der Waals surface area contributed by atoms with Gasteiger partial charge in [-0.2, -0.15) is 11.8 Å². The van der Waals surface area contributed by atoms with E-state index in [2.05, 4.69) is 36.1 Å². The Morgan fingerprint density at radius 1 is 1.23 bits per heavy atom. The number of likely N-dealkylation sites (N-methyl/N-ethyl adjacent to an activating group) is 1. The van der Waals surface area contributed by atoms with Crippen LogP contribution in [0.2, 0.25) is 0 Å². The minimum atomic E-state index is 0. The molecule has 2 heterocycles. The van der Waals surface area contributed by atoms with Gasteiger partial charge in [0.1, 0.15) is 0 Å². The van der Waals surface area contributed by atoms with Crippen LogP contribution in [0.3, 0.4) is 0 Å². The van der Waals surface area contributed by atoms with E-state index >= 15 is 0 Å². The molecule has 0 aromatic heterocycles. The first kappa shape index (κ1) is 23.8. The summed E-state index contributed by atoms with van der Waals surface area (Å²) in [7, 11) is 4.34. The number of halogens is 1. The van der Waals surface area contributed by atoms with E-state index in [0.717, 1.165) is 51.0 Å². The van der Waals surface area contributed by atoms with Gasteiger partial charge in [0.2, 0.25) is 5.91 Å². The van der Waals surface area contributed by atoms with Gasteiger partial charge in [0.15, 0.2) is 5.96 Å². The van der Waals surface area contributed by atoms with Crippen LogP contribution in [0.1, 0.15) is 27.2 Å². The number of amides is 1. The molecule has 0 saturated carbocycles. The highest BCUT2D eigenvalue weighted by atomic mass is 127. The summed E-state index contributed by atoms with van der Waals surface area (Å²) in [4.78, 5) is 23.8. The van der Waals surface area contributed by atoms with Crippen molar-refractivity contribution in [3.05, 3.63) is 0 Å². The lowest BCUT2D eigenvalue weighted by molar-refractivity contribution is -0.135. The Balaban J connectivity index is 0.00000338. The van der Waals surface area contributed by atoms with E-state index in [9.17, 15) is 4.79 Å². The second-order valence-electron chi connectivity index (χ2n) is 7.56. The van der Waals surface area contributed by atoms with Gasteiger partial charge in [-0.15, -0.1) is 24.0 Å². The Bertz CT molecular complexity index is 472. The molecule has 152 valence electrons. The third-order valence-corrected chi connectivity index (χ3v) is 6.51. The highest BCUT2D eigenvalue weighted by molar-refractivity contribution is 14.0. The maximum absolute atomic E-state index is 12.2. The number of hydrogen-bond donors (Lipinski definition) is 1. The Morgan fingerprint density at radius 2 is 1.85 bits per heavy atom. The number of nitrogens with one attached hydrogen (secondary N) is 1. The van der Waals surface area contributed by atoms with Crippen LogP contribution in [0.4, 0.5) is 0 Å². The van der Waals surface area contributed by atoms with Crippen molar-refractivity contribution < 1.29 is 4.79 Å². The van der Waals surface area contributed by atoms with Crippen molar-refractivity contribution in [1.29, 1.82) is 0 Å². The molecular weight excluding hydrogens is 461 g/mol. The quantitative estimate of drug-likeness (QED) is 0.357. The summed E-state index contributed by atoms with van der Waals surface area (Å²) in [5.41, 5.74) is 0.181. The van der Waals surface area contributed by atoms with Crippen molar-refractivity contribution in [1.82, 2.24) is 20.0 Å². The Morgan fingerprint density at radius 3 is 2.31 bits per heavy atom. The summed E-state index contributed by atoms with van der Waals surface area (Å²) in [5, 5.41) is 3.45. The molecule has 8 heteroatoms. The monoisotopic (exact) mass is 497 g/mol. The smallest absolute Gasteiger partial charge is 0.225 e. The minimum Gasteiger partial charge on any atom is -0.357 e. The van der Waals surface area contributed by atoms with Gasteiger partial charge in [-0.3, -0.25) is 9.79 Å². The van der Waals surface area contributed by atoms with E-state index in [1.54, 1.807) is 0 Å². The Kier molecular flexibility index (Phi) is 10.0. The largest absolute Gasteiger partial charge is 0.357 e. The number of guanidine groups is 1. The molecule has 2 saturated heterocycles. The number of hydrogen-bond acceptors (Lipinski definition) is 4. The maximum atomic E-state index is 12.2. The number of nitrogens with zero attached hydrogens (tertiary/aromatic N) is 4. The van der Waals surface area contributed by atoms with Gasteiger partial charge in [-0.1, -0.05) is 13.8 Å². The van der Waals surface area contributed by atoms with Crippen molar-refractivity contribution in [3.8, 4) is 0 Å². The second kappa shape index (κ2) is 10.9. The zero-order valence-corrected chi connectivity index (χ0v) is 20.1. The molecule has 0 aromatic carbocycles. The average molecular weight is 497 g/mol. The highest BCUT2D eigenvalue weighted by Crippen LogP contribution is 2.32. The maximum Gasteiger partial charge on any atom is 0.225 e. The number of thioether (sulfide) groups is 1. The van der Waals surface area contributed by atoms with Crippen molar-refractivity contribution in [3.63, 3.8) is 0 Å². The van der Waals surface area contributed by atoms with Gasteiger partial charge in [0, 0.05) is 49.9 Å². The number of piperazine rings is 1. The SMILES string of the molecule is CCNC(=NCC1(N(C)C)CCSC1)N1CCN(C(=O)C(C)C)CC1.I. The fourth-order valence-electron chi connectivity index (χ4n) is 3.37. The molecule has 6 nitrogen and oxygen atoms in total. The van der Waals surface area contributed by atoms with E-state index < -0.39 is 0 Å². The van der Waals surface area contributed by atoms with Crippen LogP contribution in [0.15, 0.2) is 4.99 Å². The first-order valence-electron chi connectivity index (χ1n) is 9.47. The van der Waals surface area contributed by atoms with Gasteiger partial charge in [0.05, 0.1) is 6.54 Å². The molecular formula is C18H36IN5OS. The Labute approximate surface area is 180 Å². The van der Waals surface area contributed by atoms with Crippen molar-refractivity contribution >= 4 is 47.6 Å². The lowest BCUT2D eigenvalue weighted by Crippen LogP contribution is -2.55. The normalized spacial score (nSPS) is 24.2. The average Bonchev–Trinajstić information content (AvgIpc) is 3.08. The van der Waals surface area contributed by atoms with Gasteiger partial charge in [-0.25, -0.2) is 0 Å². The van der Waals surface area contributed by atoms with Crippen LogP contribution < -0.4 is 5.32 Å². The third-order valence-electron chi connectivity index (χ3n) is 5.27. The lowest BCUT2D eigenvalue weighted by atomic mass is 9.98. The fraction of sp³-hybridized carbons (Fsp3) is 0.889. The molecule has 1 amide bonds. The summed E-state index contributed by atoms with van der Waals surface area (Å²) in [6, 6.07) is 0. The molecule has 0 aromatic rings.